The van der Waals surface area contributed by atoms with Gasteiger partial charge in [0, 0.05) is 6.04 Å². The van der Waals surface area contributed by atoms with Gasteiger partial charge in [0.2, 0.25) is 0 Å². The second-order valence-electron chi connectivity index (χ2n) is 6.12. The normalized spacial score (nSPS) is 40.9. The van der Waals surface area contributed by atoms with Crippen molar-refractivity contribution in [2.45, 2.75) is 52.0 Å². The summed E-state index contributed by atoms with van der Waals surface area (Å²) in [6.45, 7) is 8.51. The molecule has 0 aromatic rings. The largest absolute Gasteiger partial charge is 0.316 e. The summed E-state index contributed by atoms with van der Waals surface area (Å²) in [4.78, 5) is 0. The van der Waals surface area contributed by atoms with E-state index in [-0.39, 0.29) is 0 Å². The van der Waals surface area contributed by atoms with Crippen molar-refractivity contribution >= 4 is 0 Å². The Morgan fingerprint density at radius 3 is 2.75 bits per heavy atom. The summed E-state index contributed by atoms with van der Waals surface area (Å²) in [5, 5.41) is 7.32. The lowest BCUT2D eigenvalue weighted by molar-refractivity contribution is 0.215. The summed E-state index contributed by atoms with van der Waals surface area (Å²) in [6.07, 6.45) is 7.01. The van der Waals surface area contributed by atoms with Crippen molar-refractivity contribution in [1.82, 2.24) is 10.6 Å². The zero-order chi connectivity index (χ0) is 11.4. The maximum atomic E-state index is 3.82. The van der Waals surface area contributed by atoms with Crippen molar-refractivity contribution in [2.24, 2.45) is 17.8 Å². The Labute approximate surface area is 101 Å². The van der Waals surface area contributed by atoms with Gasteiger partial charge in [-0.25, -0.2) is 0 Å². The van der Waals surface area contributed by atoms with Gasteiger partial charge in [-0.3, -0.25) is 0 Å². The van der Waals surface area contributed by atoms with E-state index in [4.69, 9.17) is 0 Å². The van der Waals surface area contributed by atoms with Gasteiger partial charge in [0.05, 0.1) is 0 Å². The molecule has 2 fully saturated rings. The van der Waals surface area contributed by atoms with Gasteiger partial charge in [-0.1, -0.05) is 13.8 Å². The smallest absolute Gasteiger partial charge is 0.00930 e. The molecular weight excluding hydrogens is 196 g/mol. The molecule has 0 aromatic heterocycles. The van der Waals surface area contributed by atoms with Crippen LogP contribution in [-0.4, -0.2) is 25.7 Å². The molecule has 2 N–H and O–H groups in total. The van der Waals surface area contributed by atoms with Crippen molar-refractivity contribution < 1.29 is 0 Å². The molecule has 2 heteroatoms. The maximum absolute atomic E-state index is 3.82. The van der Waals surface area contributed by atoms with Crippen molar-refractivity contribution in [3.63, 3.8) is 0 Å². The van der Waals surface area contributed by atoms with Crippen LogP contribution < -0.4 is 10.6 Å². The quantitative estimate of drug-likeness (QED) is 0.769. The van der Waals surface area contributed by atoms with Crippen LogP contribution in [0.4, 0.5) is 0 Å². The summed E-state index contributed by atoms with van der Waals surface area (Å²) >= 11 is 0. The van der Waals surface area contributed by atoms with Gasteiger partial charge < -0.3 is 10.6 Å². The van der Waals surface area contributed by atoms with E-state index in [2.05, 4.69) is 24.5 Å². The van der Waals surface area contributed by atoms with E-state index in [1.54, 1.807) is 0 Å². The maximum Gasteiger partial charge on any atom is 0.00930 e. The van der Waals surface area contributed by atoms with Crippen molar-refractivity contribution in [1.29, 1.82) is 0 Å². The Morgan fingerprint density at radius 1 is 1.19 bits per heavy atom. The minimum absolute atomic E-state index is 0.790. The summed E-state index contributed by atoms with van der Waals surface area (Å²) in [5.74, 6) is 2.70. The first-order chi connectivity index (χ1) is 7.75. The highest BCUT2D eigenvalue weighted by Gasteiger charge is 2.25. The highest BCUT2D eigenvalue weighted by molar-refractivity contribution is 4.82. The zero-order valence-corrected chi connectivity index (χ0v) is 11.0. The van der Waals surface area contributed by atoms with Gasteiger partial charge in [0.1, 0.15) is 0 Å². The third-order valence-corrected chi connectivity index (χ3v) is 4.50. The van der Waals surface area contributed by atoms with E-state index in [1.807, 2.05) is 0 Å². The Kier molecular flexibility index (Phi) is 4.66. The van der Waals surface area contributed by atoms with Crippen LogP contribution in [0.2, 0.25) is 0 Å². The van der Waals surface area contributed by atoms with Crippen LogP contribution in [0.1, 0.15) is 46.0 Å². The molecule has 94 valence electrons. The van der Waals surface area contributed by atoms with Crippen LogP contribution in [0, 0.1) is 17.8 Å². The predicted molar refractivity (Wildman–Crippen MR) is 69.6 cm³/mol. The standard InChI is InChI=1S/C14H28N2/c1-11-5-6-14(12(2)8-11)16-10-13-4-3-7-15-9-13/h11-16H,3-10H2,1-2H3. The third-order valence-electron chi connectivity index (χ3n) is 4.50. The minimum atomic E-state index is 0.790. The molecular formula is C14H28N2. The molecule has 0 bridgehead atoms. The highest BCUT2D eigenvalue weighted by Crippen LogP contribution is 2.28. The van der Waals surface area contributed by atoms with Crippen LogP contribution in [0.5, 0.6) is 0 Å². The average Bonchev–Trinajstić information content (AvgIpc) is 2.29. The fourth-order valence-electron chi connectivity index (χ4n) is 3.38. The lowest BCUT2D eigenvalue weighted by atomic mass is 9.79. The van der Waals surface area contributed by atoms with Crippen LogP contribution in [-0.2, 0) is 0 Å². The number of rotatable bonds is 3. The van der Waals surface area contributed by atoms with Gasteiger partial charge in [-0.2, -0.15) is 0 Å². The molecule has 16 heavy (non-hydrogen) atoms. The van der Waals surface area contributed by atoms with Crippen molar-refractivity contribution in [3.8, 4) is 0 Å². The van der Waals surface area contributed by atoms with E-state index in [9.17, 15) is 0 Å². The molecule has 2 rings (SSSR count). The average molecular weight is 224 g/mol. The molecule has 4 atom stereocenters. The summed E-state index contributed by atoms with van der Waals surface area (Å²) in [7, 11) is 0. The van der Waals surface area contributed by atoms with E-state index >= 15 is 0 Å². The zero-order valence-electron chi connectivity index (χ0n) is 11.0. The fourth-order valence-corrected chi connectivity index (χ4v) is 3.38. The Bertz CT molecular complexity index is 199. The molecule has 0 amide bonds. The first-order valence-corrected chi connectivity index (χ1v) is 7.20. The SMILES string of the molecule is CC1CCC(NCC2CCCNC2)C(C)C1. The second kappa shape index (κ2) is 6.02. The van der Waals surface area contributed by atoms with Gasteiger partial charge in [0.15, 0.2) is 0 Å². The predicted octanol–water partition coefficient (Wildman–Crippen LogP) is 2.40. The van der Waals surface area contributed by atoms with Gasteiger partial charge in [-0.05, 0) is 69.5 Å². The first kappa shape index (κ1) is 12.4. The monoisotopic (exact) mass is 224 g/mol. The van der Waals surface area contributed by atoms with E-state index in [0.717, 1.165) is 23.8 Å². The molecule has 0 spiro atoms. The Morgan fingerprint density at radius 2 is 2.06 bits per heavy atom. The minimum Gasteiger partial charge on any atom is -0.316 e. The fraction of sp³-hybridized carbons (Fsp3) is 1.00. The summed E-state index contributed by atoms with van der Waals surface area (Å²) in [6, 6.07) is 0.790. The molecule has 1 saturated heterocycles. The van der Waals surface area contributed by atoms with Crippen LogP contribution in [0.3, 0.4) is 0 Å². The van der Waals surface area contributed by atoms with E-state index < -0.39 is 0 Å². The third kappa shape index (κ3) is 3.46. The molecule has 2 aliphatic rings. The number of hydrogen-bond donors (Lipinski definition) is 2. The topological polar surface area (TPSA) is 24.1 Å². The number of piperidine rings is 1. The van der Waals surface area contributed by atoms with Crippen molar-refractivity contribution in [3.05, 3.63) is 0 Å². The molecule has 1 heterocycles. The molecule has 4 unspecified atom stereocenters. The molecule has 1 aliphatic carbocycles. The lowest BCUT2D eigenvalue weighted by Gasteiger charge is -2.35. The summed E-state index contributed by atoms with van der Waals surface area (Å²) in [5.41, 5.74) is 0. The Balaban J connectivity index is 1.68. The molecule has 0 radical (unpaired) electrons. The van der Waals surface area contributed by atoms with Crippen molar-refractivity contribution in [2.75, 3.05) is 19.6 Å². The Hall–Kier alpha value is -0.0800. The van der Waals surface area contributed by atoms with Gasteiger partial charge in [-0.15, -0.1) is 0 Å². The second-order valence-corrected chi connectivity index (χ2v) is 6.12. The summed E-state index contributed by atoms with van der Waals surface area (Å²) < 4.78 is 0. The number of nitrogens with one attached hydrogen (secondary N) is 2. The molecule has 2 nitrogen and oxygen atoms in total. The highest BCUT2D eigenvalue weighted by atomic mass is 14.9. The van der Waals surface area contributed by atoms with E-state index in [1.165, 1.54) is 51.7 Å². The van der Waals surface area contributed by atoms with Crippen LogP contribution >= 0.6 is 0 Å². The lowest BCUT2D eigenvalue weighted by Crippen LogP contribution is -2.44. The molecule has 0 aromatic carbocycles. The number of hydrogen-bond acceptors (Lipinski definition) is 2. The van der Waals surface area contributed by atoms with Gasteiger partial charge in [0.25, 0.3) is 0 Å². The van der Waals surface area contributed by atoms with Gasteiger partial charge >= 0.3 is 0 Å². The first-order valence-electron chi connectivity index (χ1n) is 7.20. The van der Waals surface area contributed by atoms with Crippen LogP contribution in [0.15, 0.2) is 0 Å². The molecule has 1 saturated carbocycles. The van der Waals surface area contributed by atoms with E-state index in [0.29, 0.717) is 0 Å². The van der Waals surface area contributed by atoms with Crippen LogP contribution in [0.25, 0.3) is 0 Å². The molecule has 1 aliphatic heterocycles.